The third-order valence-corrected chi connectivity index (χ3v) is 3.15. The Hall–Kier alpha value is -1.75. The van der Waals surface area contributed by atoms with Gasteiger partial charge in [-0.15, -0.1) is 0 Å². The SMILES string of the molecule is Nc1ccc(C(=O)NCC2(O)CCC2)cc1O. The monoisotopic (exact) mass is 236 g/mol. The summed E-state index contributed by atoms with van der Waals surface area (Å²) in [4.78, 5) is 11.7. The fourth-order valence-electron chi connectivity index (χ4n) is 1.79. The molecule has 0 saturated heterocycles. The van der Waals surface area contributed by atoms with Crippen molar-refractivity contribution in [1.29, 1.82) is 0 Å². The van der Waals surface area contributed by atoms with Crippen molar-refractivity contribution in [3.63, 3.8) is 0 Å². The minimum atomic E-state index is -0.745. The third-order valence-electron chi connectivity index (χ3n) is 3.15. The van der Waals surface area contributed by atoms with Crippen molar-refractivity contribution in [3.05, 3.63) is 23.8 Å². The molecule has 1 aliphatic carbocycles. The molecule has 5 heteroatoms. The van der Waals surface area contributed by atoms with Gasteiger partial charge >= 0.3 is 0 Å². The summed E-state index contributed by atoms with van der Waals surface area (Å²) < 4.78 is 0. The van der Waals surface area contributed by atoms with Crippen LogP contribution < -0.4 is 11.1 Å². The molecule has 0 unspecified atom stereocenters. The van der Waals surface area contributed by atoms with Crippen LogP contribution in [0.5, 0.6) is 5.75 Å². The van der Waals surface area contributed by atoms with E-state index in [0.29, 0.717) is 5.56 Å². The summed E-state index contributed by atoms with van der Waals surface area (Å²) in [5, 5.41) is 21.8. The van der Waals surface area contributed by atoms with Crippen molar-refractivity contribution in [2.45, 2.75) is 24.9 Å². The largest absolute Gasteiger partial charge is 0.506 e. The topological polar surface area (TPSA) is 95.6 Å². The van der Waals surface area contributed by atoms with Crippen molar-refractivity contribution in [1.82, 2.24) is 5.32 Å². The number of nitrogen functional groups attached to an aromatic ring is 1. The van der Waals surface area contributed by atoms with Crippen LogP contribution in [0.4, 0.5) is 5.69 Å². The molecule has 5 N–H and O–H groups in total. The predicted molar refractivity (Wildman–Crippen MR) is 63.7 cm³/mol. The average molecular weight is 236 g/mol. The first-order chi connectivity index (χ1) is 8.00. The Morgan fingerprint density at radius 1 is 1.47 bits per heavy atom. The molecule has 0 atom stereocenters. The highest BCUT2D eigenvalue weighted by atomic mass is 16.3. The Morgan fingerprint density at radius 3 is 2.71 bits per heavy atom. The molecule has 1 aromatic carbocycles. The zero-order valence-electron chi connectivity index (χ0n) is 9.44. The van der Waals surface area contributed by atoms with Gasteiger partial charge in [0.1, 0.15) is 5.75 Å². The van der Waals surface area contributed by atoms with E-state index in [1.54, 1.807) is 0 Å². The summed E-state index contributed by atoms with van der Waals surface area (Å²) in [6.45, 7) is 0.247. The zero-order chi connectivity index (χ0) is 12.5. The van der Waals surface area contributed by atoms with Crippen LogP contribution in [0, 0.1) is 0 Å². The Labute approximate surface area is 99.3 Å². The summed E-state index contributed by atoms with van der Waals surface area (Å²) in [6.07, 6.45) is 2.44. The highest BCUT2D eigenvalue weighted by Gasteiger charge is 2.34. The van der Waals surface area contributed by atoms with E-state index in [0.717, 1.165) is 19.3 Å². The number of aliphatic hydroxyl groups is 1. The number of anilines is 1. The quantitative estimate of drug-likeness (QED) is 0.457. The maximum atomic E-state index is 11.7. The van der Waals surface area contributed by atoms with E-state index in [2.05, 4.69) is 5.32 Å². The number of hydrogen-bond acceptors (Lipinski definition) is 4. The third kappa shape index (κ3) is 2.50. The van der Waals surface area contributed by atoms with Gasteiger partial charge in [-0.3, -0.25) is 4.79 Å². The van der Waals surface area contributed by atoms with Crippen molar-refractivity contribution in [3.8, 4) is 5.75 Å². The molecule has 0 aliphatic heterocycles. The first-order valence-electron chi connectivity index (χ1n) is 5.59. The van der Waals surface area contributed by atoms with Crippen molar-refractivity contribution in [2.75, 3.05) is 12.3 Å². The number of phenols is 1. The molecule has 1 fully saturated rings. The number of benzene rings is 1. The smallest absolute Gasteiger partial charge is 0.251 e. The van der Waals surface area contributed by atoms with Gasteiger partial charge in [0, 0.05) is 12.1 Å². The number of rotatable bonds is 3. The summed E-state index contributed by atoms with van der Waals surface area (Å²) in [5.41, 5.74) is 5.26. The molecule has 0 spiro atoms. The van der Waals surface area contributed by atoms with Crippen LogP contribution in [0.15, 0.2) is 18.2 Å². The van der Waals surface area contributed by atoms with Crippen LogP contribution in [-0.4, -0.2) is 28.3 Å². The van der Waals surface area contributed by atoms with E-state index in [1.165, 1.54) is 18.2 Å². The van der Waals surface area contributed by atoms with Gasteiger partial charge in [0.2, 0.25) is 0 Å². The van der Waals surface area contributed by atoms with Crippen molar-refractivity contribution < 1.29 is 15.0 Å². The van der Waals surface area contributed by atoms with Gasteiger partial charge in [-0.05, 0) is 37.5 Å². The van der Waals surface area contributed by atoms with Crippen LogP contribution >= 0.6 is 0 Å². The molecular weight excluding hydrogens is 220 g/mol. The average Bonchev–Trinajstić information content (AvgIpc) is 2.27. The molecule has 17 heavy (non-hydrogen) atoms. The normalized spacial score (nSPS) is 17.2. The molecule has 0 heterocycles. The van der Waals surface area contributed by atoms with Crippen LogP contribution in [-0.2, 0) is 0 Å². The van der Waals surface area contributed by atoms with Crippen molar-refractivity contribution in [2.24, 2.45) is 0 Å². The number of aromatic hydroxyl groups is 1. The number of nitrogens with two attached hydrogens (primary N) is 1. The maximum Gasteiger partial charge on any atom is 0.251 e. The van der Waals surface area contributed by atoms with Gasteiger partial charge in [-0.25, -0.2) is 0 Å². The molecule has 1 saturated carbocycles. The van der Waals surface area contributed by atoms with Crippen LogP contribution in [0.3, 0.4) is 0 Å². The zero-order valence-corrected chi connectivity index (χ0v) is 9.44. The lowest BCUT2D eigenvalue weighted by Gasteiger charge is -2.36. The Morgan fingerprint density at radius 2 is 2.18 bits per heavy atom. The summed E-state index contributed by atoms with van der Waals surface area (Å²) in [6, 6.07) is 4.33. The van der Waals surface area contributed by atoms with Gasteiger partial charge in [-0.1, -0.05) is 0 Å². The van der Waals surface area contributed by atoms with E-state index in [1.807, 2.05) is 0 Å². The first kappa shape index (κ1) is 11.7. The molecule has 0 aromatic heterocycles. The fraction of sp³-hybridized carbons (Fsp3) is 0.417. The highest BCUT2D eigenvalue weighted by molar-refractivity contribution is 5.95. The standard InChI is InChI=1S/C12H16N2O3/c13-9-3-2-8(6-10(9)15)11(16)14-7-12(17)4-1-5-12/h2-3,6,15,17H,1,4-5,7,13H2,(H,14,16). The van der Waals surface area contributed by atoms with E-state index in [4.69, 9.17) is 5.73 Å². The maximum absolute atomic E-state index is 11.7. The van der Waals surface area contributed by atoms with Gasteiger partial charge in [0.25, 0.3) is 5.91 Å². The molecule has 1 aliphatic rings. The Balaban J connectivity index is 1.97. The molecule has 1 amide bonds. The molecular formula is C12H16N2O3. The van der Waals surface area contributed by atoms with E-state index in [-0.39, 0.29) is 23.9 Å². The molecule has 0 radical (unpaired) electrons. The van der Waals surface area contributed by atoms with Gasteiger partial charge in [-0.2, -0.15) is 0 Å². The summed E-state index contributed by atoms with van der Waals surface area (Å²) in [7, 11) is 0. The second kappa shape index (κ2) is 4.25. The van der Waals surface area contributed by atoms with E-state index in [9.17, 15) is 15.0 Å². The molecule has 0 bridgehead atoms. The van der Waals surface area contributed by atoms with Crippen LogP contribution in [0.25, 0.3) is 0 Å². The lowest BCUT2D eigenvalue weighted by molar-refractivity contribution is -0.0300. The molecule has 1 aromatic rings. The number of phenolic OH excluding ortho intramolecular Hbond substituents is 1. The number of nitrogens with one attached hydrogen (secondary N) is 1. The summed E-state index contributed by atoms with van der Waals surface area (Å²) in [5.74, 6) is -0.430. The summed E-state index contributed by atoms with van der Waals surface area (Å²) >= 11 is 0. The Bertz CT molecular complexity index is 441. The van der Waals surface area contributed by atoms with Crippen LogP contribution in [0.1, 0.15) is 29.6 Å². The number of carbonyl (C=O) groups excluding carboxylic acids is 1. The van der Waals surface area contributed by atoms with Crippen molar-refractivity contribution >= 4 is 11.6 Å². The first-order valence-corrected chi connectivity index (χ1v) is 5.59. The fourth-order valence-corrected chi connectivity index (χ4v) is 1.79. The molecule has 92 valence electrons. The number of carbonyl (C=O) groups is 1. The van der Waals surface area contributed by atoms with Gasteiger partial charge < -0.3 is 21.3 Å². The van der Waals surface area contributed by atoms with Gasteiger partial charge in [0.15, 0.2) is 0 Å². The molecule has 2 rings (SSSR count). The molecule has 5 nitrogen and oxygen atoms in total. The Kier molecular flexibility index (Phi) is 2.93. The second-order valence-corrected chi connectivity index (χ2v) is 4.53. The lowest BCUT2D eigenvalue weighted by Crippen LogP contribution is -2.47. The van der Waals surface area contributed by atoms with E-state index >= 15 is 0 Å². The highest BCUT2D eigenvalue weighted by Crippen LogP contribution is 2.30. The lowest BCUT2D eigenvalue weighted by atomic mass is 9.80. The van der Waals surface area contributed by atoms with Gasteiger partial charge in [0.05, 0.1) is 11.3 Å². The van der Waals surface area contributed by atoms with E-state index < -0.39 is 5.60 Å². The number of hydrogen-bond donors (Lipinski definition) is 4. The minimum absolute atomic E-state index is 0.111. The second-order valence-electron chi connectivity index (χ2n) is 4.53. The van der Waals surface area contributed by atoms with Crippen LogP contribution in [0.2, 0.25) is 0 Å². The minimum Gasteiger partial charge on any atom is -0.506 e. The predicted octanol–water partition coefficient (Wildman–Crippen LogP) is 0.619. The number of amides is 1.